The van der Waals surface area contributed by atoms with E-state index in [1.807, 2.05) is 24.0 Å². The monoisotopic (exact) mass is 596 g/mol. The van der Waals surface area contributed by atoms with Crippen LogP contribution < -0.4 is 14.2 Å². The van der Waals surface area contributed by atoms with E-state index in [1.54, 1.807) is 36.4 Å². The van der Waals surface area contributed by atoms with E-state index in [2.05, 4.69) is 4.90 Å². The molecule has 0 unspecified atom stereocenters. The first-order chi connectivity index (χ1) is 19.8. The fraction of sp³-hybridized carbons (Fsp3) is 0.387. The number of hydrogen-bond donors (Lipinski definition) is 0. The molecule has 0 atom stereocenters. The lowest BCUT2D eigenvalue weighted by Gasteiger charge is -2.41. The molecule has 3 aliphatic rings. The van der Waals surface area contributed by atoms with Crippen molar-refractivity contribution in [3.8, 4) is 17.2 Å². The average Bonchev–Trinajstić information content (AvgIpc) is 3.47. The number of ether oxygens (including phenoxy) is 3. The summed E-state index contributed by atoms with van der Waals surface area (Å²) < 4.78 is 43.5. The summed E-state index contributed by atoms with van der Waals surface area (Å²) in [6.45, 7) is 5.29. The Labute approximate surface area is 245 Å². The van der Waals surface area contributed by atoms with Crippen LogP contribution in [0.15, 0.2) is 70.5 Å². The molecule has 0 saturated carbocycles. The van der Waals surface area contributed by atoms with Crippen molar-refractivity contribution in [1.29, 1.82) is 0 Å². The molecule has 3 aromatic carbocycles. The molecule has 10 heteroatoms. The molecule has 0 spiro atoms. The minimum absolute atomic E-state index is 0.00578. The fourth-order valence-corrected chi connectivity index (χ4v) is 7.46. The van der Waals surface area contributed by atoms with Gasteiger partial charge in [0.05, 0.1) is 20.4 Å². The molecular weight excluding hydrogens is 564 g/mol. The van der Waals surface area contributed by atoms with Crippen LogP contribution in [-0.2, 0) is 9.84 Å². The normalized spacial score (nSPS) is 18.4. The molecule has 6 rings (SSSR count). The van der Waals surface area contributed by atoms with Gasteiger partial charge < -0.3 is 19.1 Å². The van der Waals surface area contributed by atoms with Gasteiger partial charge in [-0.2, -0.15) is 0 Å². The van der Waals surface area contributed by atoms with E-state index in [1.165, 1.54) is 12.1 Å². The highest BCUT2D eigenvalue weighted by Gasteiger charge is 2.31. The number of fused-ring (bicyclic) bond motifs is 1. The Hall–Kier alpha value is -3.27. The summed E-state index contributed by atoms with van der Waals surface area (Å²) in [6.07, 6.45) is 3.76. The van der Waals surface area contributed by atoms with Gasteiger partial charge in [0.1, 0.15) is 11.9 Å². The van der Waals surface area contributed by atoms with E-state index in [0.29, 0.717) is 33.9 Å². The zero-order valence-electron chi connectivity index (χ0n) is 22.9. The molecule has 8 nitrogen and oxygen atoms in total. The average molecular weight is 597 g/mol. The standard InChI is InChI=1S/C31H33ClN2O6S/c1-21-18-24(41(36,37)25-7-9-29-30(19-25)39-20-38-29)6-8-28(21)40-23-12-16-33(17-13-23)22-10-14-34(15-11-22)31(35)26-4-2-3-5-27(26)32/h2-9,18-19,22-23H,10-17,20H2,1H3. The van der Waals surface area contributed by atoms with Crippen molar-refractivity contribution in [3.05, 3.63) is 76.8 Å². The molecule has 0 radical (unpaired) electrons. The molecule has 3 aliphatic heterocycles. The highest BCUT2D eigenvalue weighted by atomic mass is 35.5. The molecular formula is C31H33ClN2O6S. The molecule has 0 N–H and O–H groups in total. The van der Waals surface area contributed by atoms with Gasteiger partial charge in [0.2, 0.25) is 16.6 Å². The fourth-order valence-electron chi connectivity index (χ4n) is 5.88. The number of carbonyl (C=O) groups is 1. The number of aryl methyl sites for hydroxylation is 1. The molecule has 41 heavy (non-hydrogen) atoms. The van der Waals surface area contributed by atoms with Crippen molar-refractivity contribution >= 4 is 27.3 Å². The maximum absolute atomic E-state index is 13.2. The SMILES string of the molecule is Cc1cc(S(=O)(=O)c2ccc3c(c2)OCO3)ccc1OC1CCN(C2CCN(C(=O)c3ccccc3Cl)CC2)CC1. The number of amides is 1. The van der Waals surface area contributed by atoms with Crippen molar-refractivity contribution in [2.45, 2.75) is 54.5 Å². The molecule has 216 valence electrons. The smallest absolute Gasteiger partial charge is 0.255 e. The van der Waals surface area contributed by atoms with E-state index < -0.39 is 9.84 Å². The van der Waals surface area contributed by atoms with Gasteiger partial charge in [0, 0.05) is 38.3 Å². The van der Waals surface area contributed by atoms with E-state index in [9.17, 15) is 13.2 Å². The van der Waals surface area contributed by atoms with Gasteiger partial charge in [-0.05, 0) is 80.6 Å². The highest BCUT2D eigenvalue weighted by Crippen LogP contribution is 2.36. The van der Waals surface area contributed by atoms with Gasteiger partial charge in [0.15, 0.2) is 11.5 Å². The second kappa shape index (κ2) is 11.5. The largest absolute Gasteiger partial charge is 0.490 e. The highest BCUT2D eigenvalue weighted by molar-refractivity contribution is 7.91. The summed E-state index contributed by atoms with van der Waals surface area (Å²) in [5.74, 6) is 1.69. The van der Waals surface area contributed by atoms with Crippen molar-refractivity contribution in [1.82, 2.24) is 9.80 Å². The Balaban J connectivity index is 1.02. The molecule has 1 amide bonds. The van der Waals surface area contributed by atoms with Gasteiger partial charge in [-0.3, -0.25) is 9.69 Å². The molecule has 2 saturated heterocycles. The zero-order valence-corrected chi connectivity index (χ0v) is 24.5. The van der Waals surface area contributed by atoms with Crippen LogP contribution in [0.4, 0.5) is 0 Å². The third kappa shape index (κ3) is 5.76. The second-order valence-corrected chi connectivity index (χ2v) is 13.2. The number of benzene rings is 3. The van der Waals surface area contributed by atoms with E-state index in [4.69, 9.17) is 25.8 Å². The second-order valence-electron chi connectivity index (χ2n) is 10.8. The lowest BCUT2D eigenvalue weighted by molar-refractivity contribution is 0.0424. The first kappa shape index (κ1) is 27.9. The molecule has 0 aliphatic carbocycles. The maximum Gasteiger partial charge on any atom is 0.255 e. The van der Waals surface area contributed by atoms with Crippen molar-refractivity contribution in [2.24, 2.45) is 0 Å². The molecule has 0 bridgehead atoms. The number of halogens is 1. The summed E-state index contributed by atoms with van der Waals surface area (Å²) in [5.41, 5.74) is 1.35. The van der Waals surface area contributed by atoms with Crippen LogP contribution in [0.1, 0.15) is 41.6 Å². The van der Waals surface area contributed by atoms with Gasteiger partial charge in [-0.25, -0.2) is 8.42 Å². The van der Waals surface area contributed by atoms with Crippen LogP contribution in [0.3, 0.4) is 0 Å². The van der Waals surface area contributed by atoms with Crippen molar-refractivity contribution in [2.75, 3.05) is 33.0 Å². The topological polar surface area (TPSA) is 85.4 Å². The molecule has 0 aromatic heterocycles. The number of likely N-dealkylation sites (tertiary alicyclic amines) is 2. The summed E-state index contributed by atoms with van der Waals surface area (Å²) in [4.78, 5) is 17.7. The quantitative estimate of drug-likeness (QED) is 0.379. The van der Waals surface area contributed by atoms with Crippen LogP contribution in [0.25, 0.3) is 0 Å². The Kier molecular flexibility index (Phi) is 7.85. The number of sulfone groups is 1. The summed E-state index contributed by atoms with van der Waals surface area (Å²) in [5, 5.41) is 0.498. The van der Waals surface area contributed by atoms with Gasteiger partial charge >= 0.3 is 0 Å². The Morgan fingerprint density at radius 1 is 0.878 bits per heavy atom. The molecule has 2 fully saturated rings. The Morgan fingerprint density at radius 2 is 1.56 bits per heavy atom. The van der Waals surface area contributed by atoms with Crippen LogP contribution in [0.5, 0.6) is 17.2 Å². The number of carbonyl (C=O) groups excluding carboxylic acids is 1. The molecule has 3 heterocycles. The summed E-state index contributed by atoms with van der Waals surface area (Å²) in [7, 11) is -3.71. The van der Waals surface area contributed by atoms with Crippen molar-refractivity contribution < 1.29 is 27.4 Å². The lowest BCUT2D eigenvalue weighted by Crippen LogP contribution is -2.50. The maximum atomic E-state index is 13.2. The third-order valence-corrected chi connectivity index (χ3v) is 10.3. The number of nitrogens with zero attached hydrogens (tertiary/aromatic N) is 2. The van der Waals surface area contributed by atoms with Gasteiger partial charge in [-0.1, -0.05) is 23.7 Å². The predicted molar refractivity (Wildman–Crippen MR) is 155 cm³/mol. The van der Waals surface area contributed by atoms with Crippen LogP contribution in [0.2, 0.25) is 5.02 Å². The van der Waals surface area contributed by atoms with Crippen LogP contribution in [-0.4, -0.2) is 69.2 Å². The first-order valence-electron chi connectivity index (χ1n) is 14.0. The first-order valence-corrected chi connectivity index (χ1v) is 15.9. The molecule has 3 aromatic rings. The number of rotatable bonds is 6. The minimum Gasteiger partial charge on any atom is -0.490 e. The minimum atomic E-state index is -3.71. The Morgan fingerprint density at radius 3 is 2.29 bits per heavy atom. The lowest BCUT2D eigenvalue weighted by atomic mass is 9.98. The summed E-state index contributed by atoms with van der Waals surface area (Å²) >= 11 is 6.24. The predicted octanol–water partition coefficient (Wildman–Crippen LogP) is 5.36. The number of hydrogen-bond acceptors (Lipinski definition) is 7. The van der Waals surface area contributed by atoms with Crippen LogP contribution >= 0.6 is 11.6 Å². The van der Waals surface area contributed by atoms with E-state index in [0.717, 1.165) is 57.4 Å². The number of piperidine rings is 2. The van der Waals surface area contributed by atoms with Gasteiger partial charge in [0.25, 0.3) is 5.91 Å². The van der Waals surface area contributed by atoms with Gasteiger partial charge in [-0.15, -0.1) is 0 Å². The van der Waals surface area contributed by atoms with Crippen molar-refractivity contribution in [3.63, 3.8) is 0 Å². The zero-order chi connectivity index (χ0) is 28.6. The van der Waals surface area contributed by atoms with E-state index in [-0.39, 0.29) is 28.6 Å². The summed E-state index contributed by atoms with van der Waals surface area (Å²) in [6, 6.07) is 17.4. The van der Waals surface area contributed by atoms with E-state index >= 15 is 0 Å². The third-order valence-electron chi connectivity index (χ3n) is 8.25. The van der Waals surface area contributed by atoms with Crippen LogP contribution in [0, 0.1) is 6.92 Å². The Bertz CT molecular complexity index is 1550.